The highest BCUT2D eigenvalue weighted by atomic mass is 31.2. The summed E-state index contributed by atoms with van der Waals surface area (Å²) in [5.74, 6) is 0. The van der Waals surface area contributed by atoms with Gasteiger partial charge in [0.1, 0.15) is 19.3 Å². The van der Waals surface area contributed by atoms with Crippen molar-refractivity contribution in [3.05, 3.63) is 0 Å². The van der Waals surface area contributed by atoms with E-state index < -0.39 is 13.9 Å². The topological polar surface area (TPSA) is 77.1 Å². The van der Waals surface area contributed by atoms with Crippen molar-refractivity contribution in [1.82, 2.24) is 0 Å². The highest BCUT2D eigenvalue weighted by molar-refractivity contribution is 7.45. The van der Waals surface area contributed by atoms with Crippen LogP contribution >= 0.6 is 7.82 Å². The second-order valence-corrected chi connectivity index (χ2v) is 13.2. The van der Waals surface area contributed by atoms with Gasteiger partial charge in [-0.05, 0) is 12.8 Å². The molecule has 7 nitrogen and oxygen atoms in total. The number of quaternary nitrogens is 1. The maximum absolute atomic E-state index is 12.2. The average Bonchev–Trinajstić information content (AvgIpc) is 2.85. The van der Waals surface area contributed by atoms with Crippen LogP contribution in [0.4, 0.5) is 0 Å². The molecule has 0 radical (unpaired) electrons. The van der Waals surface area contributed by atoms with Crippen LogP contribution in [0.25, 0.3) is 0 Å². The number of hydrogen-bond acceptors (Lipinski definition) is 6. The first-order valence-electron chi connectivity index (χ1n) is 15.8. The molecule has 0 aromatic rings. The number of ether oxygens (including phenoxy) is 2. The molecule has 0 aliphatic carbocycles. The lowest BCUT2D eigenvalue weighted by atomic mass is 10.1. The molecule has 0 saturated heterocycles. The molecule has 0 amide bonds. The van der Waals surface area contributed by atoms with E-state index in [0.29, 0.717) is 30.8 Å². The lowest BCUT2D eigenvalue weighted by Gasteiger charge is -2.28. The van der Waals surface area contributed by atoms with Crippen LogP contribution in [0.1, 0.15) is 129 Å². The van der Waals surface area contributed by atoms with Crippen LogP contribution in [0.5, 0.6) is 0 Å². The van der Waals surface area contributed by atoms with Crippen molar-refractivity contribution in [2.24, 2.45) is 0 Å². The molecule has 0 fully saturated rings. The summed E-state index contributed by atoms with van der Waals surface area (Å²) in [5, 5.41) is 0. The number of unbranched alkanes of at least 4 members (excludes halogenated alkanes) is 16. The van der Waals surface area contributed by atoms with Crippen molar-refractivity contribution in [2.45, 2.75) is 136 Å². The zero-order valence-corrected chi connectivity index (χ0v) is 26.8. The fourth-order valence-corrected chi connectivity index (χ4v) is 4.90. The van der Waals surface area contributed by atoms with Gasteiger partial charge in [-0.25, -0.2) is 0 Å². The van der Waals surface area contributed by atoms with Gasteiger partial charge in [-0.1, -0.05) is 117 Å². The smallest absolute Gasteiger partial charge is 0.268 e. The molecule has 0 heterocycles. The summed E-state index contributed by atoms with van der Waals surface area (Å²) in [4.78, 5) is 12.2. The van der Waals surface area contributed by atoms with E-state index in [4.69, 9.17) is 18.5 Å². The van der Waals surface area contributed by atoms with Crippen LogP contribution in [0.2, 0.25) is 0 Å². The van der Waals surface area contributed by atoms with Crippen molar-refractivity contribution in [2.75, 3.05) is 60.7 Å². The van der Waals surface area contributed by atoms with E-state index in [1.807, 2.05) is 21.1 Å². The molecule has 0 aromatic heterocycles. The van der Waals surface area contributed by atoms with Gasteiger partial charge < -0.3 is 27.9 Å². The Balaban J connectivity index is 4.20. The van der Waals surface area contributed by atoms with Gasteiger partial charge in [0.25, 0.3) is 7.82 Å². The summed E-state index contributed by atoms with van der Waals surface area (Å²) in [6.07, 6.45) is 22.3. The third-order valence-electron chi connectivity index (χ3n) is 6.73. The van der Waals surface area contributed by atoms with Crippen LogP contribution in [0.15, 0.2) is 0 Å². The quantitative estimate of drug-likeness (QED) is 0.0506. The minimum absolute atomic E-state index is 0.0691. The summed E-state index contributed by atoms with van der Waals surface area (Å²) in [6, 6.07) is 0. The Bertz CT molecular complexity index is 543. The molecule has 2 atom stereocenters. The van der Waals surface area contributed by atoms with Gasteiger partial charge in [-0.3, -0.25) is 4.57 Å². The molecule has 1 unspecified atom stereocenters. The molecule has 0 aliphatic rings. The summed E-state index contributed by atoms with van der Waals surface area (Å²) in [7, 11) is 1.60. The first-order valence-corrected chi connectivity index (χ1v) is 17.3. The Kier molecular flexibility index (Phi) is 25.9. The van der Waals surface area contributed by atoms with Gasteiger partial charge in [0, 0.05) is 13.2 Å². The van der Waals surface area contributed by atoms with Crippen molar-refractivity contribution in [3.63, 3.8) is 0 Å². The van der Waals surface area contributed by atoms with Gasteiger partial charge >= 0.3 is 0 Å². The molecule has 0 N–H and O–H groups in total. The predicted octanol–water partition coefficient (Wildman–Crippen LogP) is 7.66. The Hall–Kier alpha value is -0.0100. The molecular weight excluding hydrogens is 501 g/mol. The van der Waals surface area contributed by atoms with E-state index in [9.17, 15) is 9.46 Å². The Morgan fingerprint density at radius 2 is 1.05 bits per heavy atom. The normalized spacial score (nSPS) is 14.6. The number of phosphoric acid groups is 1. The van der Waals surface area contributed by atoms with Gasteiger partial charge in [-0.2, -0.15) is 0 Å². The highest BCUT2D eigenvalue weighted by Crippen LogP contribution is 2.38. The zero-order valence-electron chi connectivity index (χ0n) is 25.9. The molecule has 0 aromatic carbocycles. The minimum Gasteiger partial charge on any atom is -0.756 e. The Morgan fingerprint density at radius 3 is 1.53 bits per heavy atom. The Labute approximate surface area is 236 Å². The maximum Gasteiger partial charge on any atom is 0.268 e. The van der Waals surface area contributed by atoms with Crippen molar-refractivity contribution < 1.29 is 32.5 Å². The van der Waals surface area contributed by atoms with E-state index in [-0.39, 0.29) is 13.2 Å². The first-order chi connectivity index (χ1) is 18.2. The fourth-order valence-electron chi connectivity index (χ4n) is 4.17. The van der Waals surface area contributed by atoms with Crippen LogP contribution in [-0.2, 0) is 23.1 Å². The van der Waals surface area contributed by atoms with Gasteiger partial charge in [0.05, 0.1) is 34.4 Å². The third-order valence-corrected chi connectivity index (χ3v) is 7.69. The van der Waals surface area contributed by atoms with Gasteiger partial charge in [-0.15, -0.1) is 0 Å². The summed E-state index contributed by atoms with van der Waals surface area (Å²) >= 11 is 0. The number of hydrogen-bond donors (Lipinski definition) is 0. The second-order valence-electron chi connectivity index (χ2n) is 11.8. The molecule has 0 bridgehead atoms. The fraction of sp³-hybridized carbons (Fsp3) is 1.00. The summed E-state index contributed by atoms with van der Waals surface area (Å²) < 4.78 is 34.9. The van der Waals surface area contributed by atoms with Crippen molar-refractivity contribution >= 4 is 7.82 Å². The van der Waals surface area contributed by atoms with Crippen LogP contribution in [0.3, 0.4) is 0 Å². The monoisotopic (exact) mass is 565 g/mol. The number of rotatable bonds is 30. The molecule has 0 rings (SSSR count). The predicted molar refractivity (Wildman–Crippen MR) is 157 cm³/mol. The third kappa shape index (κ3) is 29.0. The van der Waals surface area contributed by atoms with Crippen molar-refractivity contribution in [3.8, 4) is 0 Å². The lowest BCUT2D eigenvalue weighted by Crippen LogP contribution is -2.37. The standard InChI is InChI=1S/C30H64NO6P/c1-6-8-10-12-14-16-18-20-22-25-34-28-30(29-37-38(32,33)36-27-24-31(3,4)5)35-26-23-21-19-17-15-13-11-9-7-2/h30H,6-29H2,1-5H3/t30-/m1/s1. The molecule has 38 heavy (non-hydrogen) atoms. The minimum atomic E-state index is -4.36. The molecule has 0 aliphatic heterocycles. The maximum atomic E-state index is 12.2. The van der Waals surface area contributed by atoms with Crippen molar-refractivity contribution in [1.29, 1.82) is 0 Å². The summed E-state index contributed by atoms with van der Waals surface area (Å²) in [5.41, 5.74) is 0. The Morgan fingerprint density at radius 1 is 0.605 bits per heavy atom. The number of likely N-dealkylation sites (N-methyl/N-ethyl adjacent to an activating group) is 1. The summed E-state index contributed by atoms with van der Waals surface area (Å²) in [6.45, 7) is 6.71. The van der Waals surface area contributed by atoms with Gasteiger partial charge in [0.15, 0.2) is 0 Å². The van der Waals surface area contributed by atoms with Crippen LogP contribution < -0.4 is 4.89 Å². The first kappa shape index (κ1) is 38.0. The highest BCUT2D eigenvalue weighted by Gasteiger charge is 2.17. The largest absolute Gasteiger partial charge is 0.756 e. The molecule has 230 valence electrons. The van der Waals surface area contributed by atoms with E-state index in [1.54, 1.807) is 0 Å². The SMILES string of the molecule is CCCCCCCCCCCOC[C@H](COP(=O)([O-])OCC[N+](C)(C)C)OCCCCCCCCCCC. The van der Waals surface area contributed by atoms with E-state index in [1.165, 1.54) is 96.3 Å². The van der Waals surface area contributed by atoms with Gasteiger partial charge in [0.2, 0.25) is 0 Å². The molecular formula is C30H64NO6P. The number of phosphoric ester groups is 1. The molecule has 8 heteroatoms. The van der Waals surface area contributed by atoms with Crippen LogP contribution in [-0.4, -0.2) is 71.3 Å². The second kappa shape index (κ2) is 25.9. The van der Waals surface area contributed by atoms with E-state index in [0.717, 1.165) is 19.3 Å². The molecule has 0 spiro atoms. The number of nitrogens with zero attached hydrogens (tertiary/aromatic N) is 1. The lowest BCUT2D eigenvalue weighted by molar-refractivity contribution is -0.870. The average molecular weight is 566 g/mol. The van der Waals surface area contributed by atoms with Crippen LogP contribution in [0, 0.1) is 0 Å². The van der Waals surface area contributed by atoms with E-state index in [2.05, 4.69) is 13.8 Å². The van der Waals surface area contributed by atoms with E-state index >= 15 is 0 Å². The zero-order chi connectivity index (χ0) is 28.4. The molecule has 0 saturated carbocycles.